The van der Waals surface area contributed by atoms with E-state index in [1.165, 1.54) is 12.1 Å². The van der Waals surface area contributed by atoms with Gasteiger partial charge < -0.3 is 5.32 Å². The molecule has 2 aromatic rings. The second kappa shape index (κ2) is 3.80. The summed E-state index contributed by atoms with van der Waals surface area (Å²) in [5, 5.41) is 20.6. The molecule has 1 fully saturated rings. The number of aromatic nitrogens is 2. The highest BCUT2D eigenvalue weighted by atomic mass is 16.6. The van der Waals surface area contributed by atoms with Gasteiger partial charge in [-0.15, -0.1) is 0 Å². The summed E-state index contributed by atoms with van der Waals surface area (Å²) in [5.41, 5.74) is 0.770. The maximum Gasteiger partial charge on any atom is 0.272 e. The van der Waals surface area contributed by atoms with Crippen LogP contribution in [-0.4, -0.2) is 27.1 Å². The summed E-state index contributed by atoms with van der Waals surface area (Å²) < 4.78 is 0. The van der Waals surface area contributed by atoms with Gasteiger partial charge in [0.2, 0.25) is 0 Å². The zero-order valence-electron chi connectivity index (χ0n) is 9.34. The Bertz CT molecular complexity index is 645. The number of amides is 1. The molecular formula is C11H10N4O3. The molecule has 7 heteroatoms. The average Bonchev–Trinajstić information content (AvgIpc) is 3.05. The molecule has 0 radical (unpaired) electrons. The van der Waals surface area contributed by atoms with Crippen LogP contribution in [0.3, 0.4) is 0 Å². The topological polar surface area (TPSA) is 101 Å². The number of hydrogen-bond acceptors (Lipinski definition) is 4. The van der Waals surface area contributed by atoms with E-state index in [1.807, 2.05) is 0 Å². The van der Waals surface area contributed by atoms with Gasteiger partial charge in [-0.3, -0.25) is 20.0 Å². The molecule has 0 aliphatic heterocycles. The minimum atomic E-state index is -0.491. The van der Waals surface area contributed by atoms with Gasteiger partial charge in [-0.2, -0.15) is 5.10 Å². The van der Waals surface area contributed by atoms with Crippen molar-refractivity contribution in [2.45, 2.75) is 18.9 Å². The fraction of sp³-hybridized carbons (Fsp3) is 0.273. The van der Waals surface area contributed by atoms with Crippen LogP contribution in [0.25, 0.3) is 10.9 Å². The van der Waals surface area contributed by atoms with E-state index >= 15 is 0 Å². The van der Waals surface area contributed by atoms with Gasteiger partial charge in [0.15, 0.2) is 5.69 Å². The summed E-state index contributed by atoms with van der Waals surface area (Å²) in [6, 6.07) is 4.51. The lowest BCUT2D eigenvalue weighted by Crippen LogP contribution is -2.25. The number of nitro groups is 1. The SMILES string of the molecule is O=C(NC1CC1)c1n[nH]c2ccc([N+](=O)[O-])cc12. The molecule has 1 aromatic heterocycles. The van der Waals surface area contributed by atoms with Gasteiger partial charge >= 0.3 is 0 Å². The molecule has 1 heterocycles. The van der Waals surface area contributed by atoms with E-state index in [1.54, 1.807) is 6.07 Å². The molecule has 1 amide bonds. The Morgan fingerprint density at radius 1 is 1.50 bits per heavy atom. The molecule has 0 spiro atoms. The highest BCUT2D eigenvalue weighted by Crippen LogP contribution is 2.24. The monoisotopic (exact) mass is 246 g/mol. The van der Waals surface area contributed by atoms with E-state index in [4.69, 9.17) is 0 Å². The maximum absolute atomic E-state index is 11.9. The molecular weight excluding hydrogens is 236 g/mol. The molecule has 0 unspecified atom stereocenters. The van der Waals surface area contributed by atoms with Crippen LogP contribution in [0, 0.1) is 10.1 Å². The van der Waals surface area contributed by atoms with Crippen molar-refractivity contribution in [3.05, 3.63) is 34.0 Å². The summed E-state index contributed by atoms with van der Waals surface area (Å²) >= 11 is 0. The minimum Gasteiger partial charge on any atom is -0.348 e. The third-order valence-corrected chi connectivity index (χ3v) is 2.88. The summed E-state index contributed by atoms with van der Waals surface area (Å²) in [6.45, 7) is 0. The highest BCUT2D eigenvalue weighted by Gasteiger charge is 2.26. The number of H-pyrrole nitrogens is 1. The number of rotatable bonds is 3. The second-order valence-electron chi connectivity index (χ2n) is 4.31. The Labute approximate surface area is 101 Å². The van der Waals surface area contributed by atoms with Crippen molar-refractivity contribution in [3.63, 3.8) is 0 Å². The van der Waals surface area contributed by atoms with Crippen LogP contribution in [-0.2, 0) is 0 Å². The van der Waals surface area contributed by atoms with E-state index in [0.29, 0.717) is 10.9 Å². The Hall–Kier alpha value is -2.44. The van der Waals surface area contributed by atoms with Crippen LogP contribution < -0.4 is 5.32 Å². The molecule has 18 heavy (non-hydrogen) atoms. The predicted octanol–water partition coefficient (Wildman–Crippen LogP) is 1.36. The first-order chi connectivity index (χ1) is 8.65. The summed E-state index contributed by atoms with van der Waals surface area (Å²) in [6.07, 6.45) is 1.96. The van der Waals surface area contributed by atoms with Crippen LogP contribution in [0.5, 0.6) is 0 Å². The van der Waals surface area contributed by atoms with Gasteiger partial charge in [0.1, 0.15) is 0 Å². The first kappa shape index (κ1) is 10.7. The molecule has 2 N–H and O–H groups in total. The molecule has 0 saturated heterocycles. The third-order valence-electron chi connectivity index (χ3n) is 2.88. The number of nitrogens with zero attached hydrogens (tertiary/aromatic N) is 2. The van der Waals surface area contributed by atoms with Crippen LogP contribution in [0.4, 0.5) is 5.69 Å². The normalized spacial score (nSPS) is 14.7. The Morgan fingerprint density at radius 2 is 2.28 bits per heavy atom. The second-order valence-corrected chi connectivity index (χ2v) is 4.31. The lowest BCUT2D eigenvalue weighted by atomic mass is 10.2. The number of nitrogens with one attached hydrogen (secondary N) is 2. The van der Waals surface area contributed by atoms with E-state index in [2.05, 4.69) is 15.5 Å². The number of fused-ring (bicyclic) bond motifs is 1. The Morgan fingerprint density at radius 3 is 2.94 bits per heavy atom. The van der Waals surface area contributed by atoms with Crippen LogP contribution in [0.2, 0.25) is 0 Å². The Balaban J connectivity index is 2.02. The van der Waals surface area contributed by atoms with Gasteiger partial charge in [0.25, 0.3) is 11.6 Å². The lowest BCUT2D eigenvalue weighted by Gasteiger charge is -1.99. The standard InChI is InChI=1S/C11H10N4O3/c16-11(12-6-1-2-6)10-8-5-7(15(17)18)3-4-9(8)13-14-10/h3-6H,1-2H2,(H,12,16)(H,13,14). The zero-order valence-corrected chi connectivity index (χ0v) is 9.34. The summed E-state index contributed by atoms with van der Waals surface area (Å²) in [4.78, 5) is 22.1. The fourth-order valence-corrected chi connectivity index (χ4v) is 1.77. The van der Waals surface area contributed by atoms with Crippen molar-refractivity contribution >= 4 is 22.5 Å². The summed E-state index contributed by atoms with van der Waals surface area (Å²) in [5.74, 6) is -0.288. The number of aromatic amines is 1. The van der Waals surface area contributed by atoms with Crippen LogP contribution in [0.15, 0.2) is 18.2 Å². The zero-order chi connectivity index (χ0) is 12.7. The van der Waals surface area contributed by atoms with E-state index < -0.39 is 4.92 Å². The van der Waals surface area contributed by atoms with Gasteiger partial charge in [-0.05, 0) is 18.9 Å². The molecule has 3 rings (SSSR count). The molecule has 1 aliphatic carbocycles. The minimum absolute atomic E-state index is 0.0515. The van der Waals surface area contributed by atoms with E-state index in [9.17, 15) is 14.9 Å². The Kier molecular flexibility index (Phi) is 2.26. The largest absolute Gasteiger partial charge is 0.348 e. The van der Waals surface area contributed by atoms with Gasteiger partial charge in [-0.1, -0.05) is 0 Å². The third kappa shape index (κ3) is 1.79. The maximum atomic E-state index is 11.9. The molecule has 7 nitrogen and oxygen atoms in total. The quantitative estimate of drug-likeness (QED) is 0.630. The van der Waals surface area contributed by atoms with Crippen LogP contribution in [0.1, 0.15) is 23.3 Å². The van der Waals surface area contributed by atoms with Crippen molar-refractivity contribution in [1.82, 2.24) is 15.5 Å². The van der Waals surface area contributed by atoms with Crippen molar-refractivity contribution in [2.75, 3.05) is 0 Å². The highest BCUT2D eigenvalue weighted by molar-refractivity contribution is 6.05. The first-order valence-electron chi connectivity index (χ1n) is 5.58. The molecule has 1 aromatic carbocycles. The van der Waals surface area contributed by atoms with Crippen molar-refractivity contribution in [2.24, 2.45) is 0 Å². The number of benzene rings is 1. The van der Waals surface area contributed by atoms with Crippen LogP contribution >= 0.6 is 0 Å². The van der Waals surface area contributed by atoms with E-state index in [-0.39, 0.29) is 23.3 Å². The van der Waals surface area contributed by atoms with Crippen molar-refractivity contribution < 1.29 is 9.72 Å². The van der Waals surface area contributed by atoms with E-state index in [0.717, 1.165) is 12.8 Å². The van der Waals surface area contributed by atoms with Gasteiger partial charge in [0.05, 0.1) is 10.4 Å². The molecule has 92 valence electrons. The number of carbonyl (C=O) groups is 1. The van der Waals surface area contributed by atoms with Crippen molar-refractivity contribution in [1.29, 1.82) is 0 Å². The summed E-state index contributed by atoms with van der Waals surface area (Å²) in [7, 11) is 0. The molecule has 0 bridgehead atoms. The number of nitro benzene ring substituents is 1. The smallest absolute Gasteiger partial charge is 0.272 e. The first-order valence-corrected chi connectivity index (χ1v) is 5.58. The number of non-ortho nitro benzene ring substituents is 1. The number of carbonyl (C=O) groups excluding carboxylic acids is 1. The lowest BCUT2D eigenvalue weighted by molar-refractivity contribution is -0.384. The molecule has 0 atom stereocenters. The molecule has 1 saturated carbocycles. The van der Waals surface area contributed by atoms with Gasteiger partial charge in [0, 0.05) is 23.6 Å². The van der Waals surface area contributed by atoms with Gasteiger partial charge in [-0.25, -0.2) is 0 Å². The van der Waals surface area contributed by atoms with Crippen molar-refractivity contribution in [3.8, 4) is 0 Å². The predicted molar refractivity (Wildman–Crippen MR) is 63.2 cm³/mol. The average molecular weight is 246 g/mol. The molecule has 1 aliphatic rings. The fourth-order valence-electron chi connectivity index (χ4n) is 1.77. The number of hydrogen-bond donors (Lipinski definition) is 2.